The largest absolute Gasteiger partial charge is 0.478 e. The average molecular weight is 297 g/mol. The average Bonchev–Trinajstić information content (AvgIpc) is 2.38. The smallest absolute Gasteiger partial charge is 0.337 e. The molecule has 1 aromatic carbocycles. The molecule has 3 N–H and O–H groups in total. The topological polar surface area (TPSA) is 124 Å². The summed E-state index contributed by atoms with van der Waals surface area (Å²) in [7, 11) is -2.74. The lowest BCUT2D eigenvalue weighted by molar-refractivity contribution is 0.0698. The summed E-state index contributed by atoms with van der Waals surface area (Å²) in [5, 5.41) is 16.8. The Morgan fingerprint density at radius 1 is 1.55 bits per heavy atom. The molecule has 0 heterocycles. The molecule has 1 rings (SSSR count). The van der Waals surface area contributed by atoms with Crippen molar-refractivity contribution in [2.45, 2.75) is 18.6 Å². The second-order valence-electron chi connectivity index (χ2n) is 4.12. The fraction of sp³-hybridized carbons (Fsp3) is 0.333. The number of nitrogens with two attached hydrogens (primary N) is 1. The summed E-state index contributed by atoms with van der Waals surface area (Å²) in [6, 6.07) is 5.59. The number of benzene rings is 1. The number of carboxylic acid groups (broad SMARTS) is 1. The first kappa shape index (κ1) is 15.8. The molecule has 0 saturated carbocycles. The molecule has 0 bridgehead atoms. The molecule has 108 valence electrons. The van der Waals surface area contributed by atoms with Crippen molar-refractivity contribution in [3.8, 4) is 6.07 Å². The van der Waals surface area contributed by atoms with E-state index in [4.69, 9.17) is 16.1 Å². The molecule has 0 aliphatic carbocycles. The summed E-state index contributed by atoms with van der Waals surface area (Å²) in [4.78, 5) is 11.2. The van der Waals surface area contributed by atoms with Gasteiger partial charge in [0.15, 0.2) is 5.25 Å². The molecule has 0 fully saturated rings. The third kappa shape index (κ3) is 2.83. The molecule has 1 atom stereocenters. The lowest BCUT2D eigenvalue weighted by atomic mass is 10.1. The molecule has 1 unspecified atom stereocenters. The van der Waals surface area contributed by atoms with Gasteiger partial charge in [-0.05, 0) is 24.6 Å². The van der Waals surface area contributed by atoms with Crippen molar-refractivity contribution < 1.29 is 18.3 Å². The molecular formula is C12H15N3O4S. The van der Waals surface area contributed by atoms with Crippen LogP contribution >= 0.6 is 0 Å². The first-order valence-electron chi connectivity index (χ1n) is 5.75. The van der Waals surface area contributed by atoms with Crippen LogP contribution in [-0.2, 0) is 10.0 Å². The van der Waals surface area contributed by atoms with Crippen molar-refractivity contribution in [1.29, 1.82) is 5.26 Å². The summed E-state index contributed by atoms with van der Waals surface area (Å²) >= 11 is 0. The molecule has 8 heteroatoms. The maximum atomic E-state index is 12.2. The van der Waals surface area contributed by atoms with Gasteiger partial charge in [-0.3, -0.25) is 4.31 Å². The Kier molecular flexibility index (Phi) is 4.57. The molecule has 0 spiro atoms. The normalized spacial score (nSPS) is 12.4. The van der Waals surface area contributed by atoms with Crippen LogP contribution in [0.3, 0.4) is 0 Å². The van der Waals surface area contributed by atoms with Crippen molar-refractivity contribution in [1.82, 2.24) is 0 Å². The van der Waals surface area contributed by atoms with Crippen molar-refractivity contribution in [3.63, 3.8) is 0 Å². The van der Waals surface area contributed by atoms with Crippen LogP contribution in [0.5, 0.6) is 0 Å². The highest BCUT2D eigenvalue weighted by Gasteiger charge is 2.30. The number of hydrogen-bond acceptors (Lipinski definition) is 5. The number of carbonyl (C=O) groups is 1. The number of aromatic carboxylic acids is 1. The Balaban J connectivity index is 3.39. The van der Waals surface area contributed by atoms with E-state index in [0.717, 1.165) is 4.31 Å². The van der Waals surface area contributed by atoms with Gasteiger partial charge in [-0.25, -0.2) is 13.2 Å². The van der Waals surface area contributed by atoms with Gasteiger partial charge in [0.1, 0.15) is 0 Å². The van der Waals surface area contributed by atoms with Gasteiger partial charge < -0.3 is 10.8 Å². The summed E-state index contributed by atoms with van der Waals surface area (Å²) in [5.41, 5.74) is 5.46. The lowest BCUT2D eigenvalue weighted by Crippen LogP contribution is -2.36. The second kappa shape index (κ2) is 5.79. The van der Waals surface area contributed by atoms with Crippen molar-refractivity contribution in [2.24, 2.45) is 0 Å². The summed E-state index contributed by atoms with van der Waals surface area (Å²) in [6.07, 6.45) is 0.112. The van der Waals surface area contributed by atoms with Gasteiger partial charge in [0.05, 0.1) is 17.3 Å². The van der Waals surface area contributed by atoms with Crippen LogP contribution in [0.4, 0.5) is 11.4 Å². The SMILES string of the molecule is CCC(C#N)S(=O)(=O)N(C)c1ccc(N)cc1C(=O)O. The van der Waals surface area contributed by atoms with E-state index in [1.165, 1.54) is 25.2 Å². The Morgan fingerprint density at radius 3 is 2.60 bits per heavy atom. The van der Waals surface area contributed by atoms with Crippen LogP contribution in [0, 0.1) is 11.3 Å². The molecule has 0 aliphatic heterocycles. The molecule has 20 heavy (non-hydrogen) atoms. The molecule has 7 nitrogen and oxygen atoms in total. The van der Waals surface area contributed by atoms with E-state index in [1.54, 1.807) is 13.0 Å². The van der Waals surface area contributed by atoms with E-state index >= 15 is 0 Å². The number of carboxylic acids is 1. The zero-order valence-electron chi connectivity index (χ0n) is 11.1. The minimum Gasteiger partial charge on any atom is -0.478 e. The van der Waals surface area contributed by atoms with Crippen LogP contribution in [0.2, 0.25) is 0 Å². The number of nitrogens with zero attached hydrogens (tertiary/aromatic N) is 2. The molecular weight excluding hydrogens is 282 g/mol. The molecule has 0 aliphatic rings. The summed E-state index contributed by atoms with van der Waals surface area (Å²) < 4.78 is 25.3. The van der Waals surface area contributed by atoms with Crippen LogP contribution in [0.1, 0.15) is 23.7 Å². The lowest BCUT2D eigenvalue weighted by Gasteiger charge is -2.23. The maximum absolute atomic E-state index is 12.2. The van der Waals surface area contributed by atoms with E-state index in [9.17, 15) is 13.2 Å². The quantitative estimate of drug-likeness (QED) is 0.782. The Labute approximate surface area is 117 Å². The predicted molar refractivity (Wildman–Crippen MR) is 74.8 cm³/mol. The zero-order valence-corrected chi connectivity index (χ0v) is 11.9. The van der Waals surface area contributed by atoms with Gasteiger partial charge in [0, 0.05) is 12.7 Å². The van der Waals surface area contributed by atoms with E-state index in [-0.39, 0.29) is 23.4 Å². The van der Waals surface area contributed by atoms with E-state index < -0.39 is 21.2 Å². The third-order valence-electron chi connectivity index (χ3n) is 2.85. The third-order valence-corrected chi connectivity index (χ3v) is 4.96. The highest BCUT2D eigenvalue weighted by molar-refractivity contribution is 7.93. The Morgan fingerprint density at radius 2 is 2.15 bits per heavy atom. The number of anilines is 2. The highest BCUT2D eigenvalue weighted by atomic mass is 32.2. The monoisotopic (exact) mass is 297 g/mol. The van der Waals surface area contributed by atoms with Gasteiger partial charge in [-0.2, -0.15) is 5.26 Å². The minimum atomic E-state index is -3.96. The van der Waals surface area contributed by atoms with Crippen LogP contribution in [0.25, 0.3) is 0 Å². The maximum Gasteiger partial charge on any atom is 0.337 e. The van der Waals surface area contributed by atoms with E-state index in [0.29, 0.717) is 0 Å². The van der Waals surface area contributed by atoms with Gasteiger partial charge >= 0.3 is 5.97 Å². The van der Waals surface area contributed by atoms with Crippen molar-refractivity contribution in [3.05, 3.63) is 23.8 Å². The number of sulfonamides is 1. The Hall–Kier alpha value is -2.27. The van der Waals surface area contributed by atoms with Crippen molar-refractivity contribution in [2.75, 3.05) is 17.1 Å². The molecule has 0 saturated heterocycles. The Bertz CT molecular complexity index is 664. The van der Waals surface area contributed by atoms with Gasteiger partial charge in [0.25, 0.3) is 10.0 Å². The fourth-order valence-corrected chi connectivity index (χ4v) is 3.07. The fourth-order valence-electron chi connectivity index (χ4n) is 1.70. The summed E-state index contributed by atoms with van der Waals surface area (Å²) in [6.45, 7) is 1.57. The number of rotatable bonds is 5. The van der Waals surface area contributed by atoms with Gasteiger partial charge in [-0.1, -0.05) is 6.92 Å². The second-order valence-corrected chi connectivity index (χ2v) is 6.27. The molecule has 0 amide bonds. The number of nitrogen functional groups attached to an aromatic ring is 1. The van der Waals surface area contributed by atoms with Gasteiger partial charge in [-0.15, -0.1) is 0 Å². The number of hydrogen-bond donors (Lipinski definition) is 2. The van der Waals surface area contributed by atoms with E-state index in [1.807, 2.05) is 0 Å². The van der Waals surface area contributed by atoms with Crippen LogP contribution in [0.15, 0.2) is 18.2 Å². The van der Waals surface area contributed by atoms with E-state index in [2.05, 4.69) is 0 Å². The first-order valence-corrected chi connectivity index (χ1v) is 7.26. The van der Waals surface area contributed by atoms with Crippen molar-refractivity contribution >= 4 is 27.4 Å². The zero-order chi connectivity index (χ0) is 15.5. The molecule has 0 radical (unpaired) electrons. The first-order chi connectivity index (χ1) is 9.25. The molecule has 0 aromatic heterocycles. The highest BCUT2D eigenvalue weighted by Crippen LogP contribution is 2.26. The van der Waals surface area contributed by atoms with Crippen LogP contribution < -0.4 is 10.0 Å². The van der Waals surface area contributed by atoms with Gasteiger partial charge in [0.2, 0.25) is 0 Å². The summed E-state index contributed by atoms with van der Waals surface area (Å²) in [5.74, 6) is -1.29. The van der Waals surface area contributed by atoms with Crippen LogP contribution in [-0.4, -0.2) is 31.8 Å². The predicted octanol–water partition coefficient (Wildman–Crippen LogP) is 1.04. The number of nitriles is 1. The minimum absolute atomic E-state index is 0.0274. The standard InChI is InChI=1S/C12H15N3O4S/c1-3-9(7-13)20(18,19)15(2)11-5-4-8(14)6-10(11)12(16)17/h4-6,9H,3,14H2,1-2H3,(H,16,17). The molecule has 1 aromatic rings.